The van der Waals surface area contributed by atoms with E-state index >= 15 is 0 Å². The molecule has 0 spiro atoms. The van der Waals surface area contributed by atoms with Crippen LogP contribution in [-0.2, 0) is 16.4 Å². The van der Waals surface area contributed by atoms with Crippen molar-refractivity contribution < 1.29 is 8.42 Å². The highest BCUT2D eigenvalue weighted by Gasteiger charge is 2.44. The summed E-state index contributed by atoms with van der Waals surface area (Å²) in [5, 5.41) is 1.62. The van der Waals surface area contributed by atoms with Crippen molar-refractivity contribution in [2.45, 2.75) is 31.7 Å². The SMILES string of the molecule is Cc1cc(C)cc(N(Cc2cccc(Cl)c2)C2=N[C@H]3CS(=O)(=O)C[C@H]3S2)c1. The molecule has 0 unspecified atom stereocenters. The maximum absolute atomic E-state index is 11.9. The second kappa shape index (κ2) is 7.15. The van der Waals surface area contributed by atoms with Crippen LogP contribution in [0.4, 0.5) is 5.69 Å². The van der Waals surface area contributed by atoms with Crippen LogP contribution in [0.25, 0.3) is 0 Å². The van der Waals surface area contributed by atoms with E-state index in [2.05, 4.69) is 36.9 Å². The molecule has 7 heteroatoms. The second-order valence-corrected chi connectivity index (χ2v) is 11.1. The molecule has 1 saturated heterocycles. The van der Waals surface area contributed by atoms with Gasteiger partial charge in [-0.05, 0) is 54.8 Å². The van der Waals surface area contributed by atoms with E-state index in [9.17, 15) is 8.42 Å². The van der Waals surface area contributed by atoms with Crippen molar-refractivity contribution in [2.24, 2.45) is 4.99 Å². The van der Waals surface area contributed by atoms with Crippen molar-refractivity contribution in [1.29, 1.82) is 0 Å². The van der Waals surface area contributed by atoms with Gasteiger partial charge in [-0.15, -0.1) is 0 Å². The van der Waals surface area contributed by atoms with Crippen molar-refractivity contribution in [3.63, 3.8) is 0 Å². The molecular weight excluding hydrogens is 400 g/mol. The van der Waals surface area contributed by atoms with E-state index in [-0.39, 0.29) is 22.8 Å². The molecular formula is C20H21ClN2O2S2. The van der Waals surface area contributed by atoms with Crippen LogP contribution in [0, 0.1) is 13.8 Å². The lowest BCUT2D eigenvalue weighted by atomic mass is 10.1. The van der Waals surface area contributed by atoms with Gasteiger partial charge in [-0.25, -0.2) is 8.42 Å². The maximum Gasteiger partial charge on any atom is 0.164 e. The minimum absolute atomic E-state index is 0.0257. The number of amidine groups is 1. The summed E-state index contributed by atoms with van der Waals surface area (Å²) < 4.78 is 23.8. The number of fused-ring (bicyclic) bond motifs is 1. The van der Waals surface area contributed by atoms with Crippen LogP contribution in [0.2, 0.25) is 5.02 Å². The lowest BCUT2D eigenvalue weighted by Crippen LogP contribution is -2.28. The van der Waals surface area contributed by atoms with E-state index in [1.54, 1.807) is 11.8 Å². The fourth-order valence-electron chi connectivity index (χ4n) is 3.66. The number of hydrogen-bond donors (Lipinski definition) is 0. The largest absolute Gasteiger partial charge is 0.317 e. The minimum Gasteiger partial charge on any atom is -0.317 e. The van der Waals surface area contributed by atoms with Crippen LogP contribution >= 0.6 is 23.4 Å². The number of hydrogen-bond acceptors (Lipinski definition) is 5. The smallest absolute Gasteiger partial charge is 0.164 e. The van der Waals surface area contributed by atoms with E-state index in [1.807, 2.05) is 24.3 Å². The zero-order chi connectivity index (χ0) is 19.2. The predicted octanol–water partition coefficient (Wildman–Crippen LogP) is 4.23. The predicted molar refractivity (Wildman–Crippen MR) is 115 cm³/mol. The van der Waals surface area contributed by atoms with Crippen molar-refractivity contribution >= 4 is 44.1 Å². The van der Waals surface area contributed by atoms with Gasteiger partial charge in [-0.3, -0.25) is 4.99 Å². The van der Waals surface area contributed by atoms with E-state index in [4.69, 9.17) is 16.6 Å². The van der Waals surface area contributed by atoms with Gasteiger partial charge in [0.2, 0.25) is 0 Å². The number of thioether (sulfide) groups is 1. The van der Waals surface area contributed by atoms with Gasteiger partial charge in [-0.2, -0.15) is 0 Å². The third-order valence-electron chi connectivity index (χ3n) is 4.78. The van der Waals surface area contributed by atoms with E-state index in [1.165, 1.54) is 11.1 Å². The van der Waals surface area contributed by atoms with E-state index in [0.29, 0.717) is 11.6 Å². The fraction of sp³-hybridized carbons (Fsp3) is 0.350. The molecule has 2 aromatic carbocycles. The average molecular weight is 421 g/mol. The first-order valence-electron chi connectivity index (χ1n) is 8.84. The Balaban J connectivity index is 1.70. The molecule has 0 N–H and O–H groups in total. The van der Waals surface area contributed by atoms with Crippen LogP contribution in [0.5, 0.6) is 0 Å². The Kier molecular flexibility index (Phi) is 4.99. The van der Waals surface area contributed by atoms with E-state index in [0.717, 1.165) is 16.4 Å². The van der Waals surface area contributed by atoms with Crippen molar-refractivity contribution in [3.05, 3.63) is 64.2 Å². The highest BCUT2D eigenvalue weighted by molar-refractivity contribution is 8.15. The highest BCUT2D eigenvalue weighted by atomic mass is 35.5. The van der Waals surface area contributed by atoms with Crippen LogP contribution in [0.15, 0.2) is 47.5 Å². The Labute approximate surface area is 169 Å². The fourth-order valence-corrected chi connectivity index (χ4v) is 7.66. The molecule has 1 fully saturated rings. The zero-order valence-corrected chi connectivity index (χ0v) is 17.6. The molecule has 0 amide bonds. The van der Waals surface area contributed by atoms with Gasteiger partial charge in [0.05, 0.1) is 24.1 Å². The molecule has 4 rings (SSSR count). The summed E-state index contributed by atoms with van der Waals surface area (Å²) in [6.07, 6.45) is 0. The highest BCUT2D eigenvalue weighted by Crippen LogP contribution is 2.37. The third kappa shape index (κ3) is 4.18. The number of sulfone groups is 1. The third-order valence-corrected chi connectivity index (χ3v) is 8.27. The number of anilines is 1. The Morgan fingerprint density at radius 1 is 1.15 bits per heavy atom. The van der Waals surface area contributed by atoms with Gasteiger partial charge in [-0.1, -0.05) is 41.6 Å². The van der Waals surface area contributed by atoms with Crippen LogP contribution < -0.4 is 4.90 Å². The lowest BCUT2D eigenvalue weighted by molar-refractivity contribution is 0.601. The molecule has 2 atom stereocenters. The first kappa shape index (κ1) is 18.8. The van der Waals surface area contributed by atoms with Gasteiger partial charge in [0, 0.05) is 16.0 Å². The number of aliphatic imine (C=N–C) groups is 1. The molecule has 2 aromatic rings. The molecule has 142 valence electrons. The quantitative estimate of drug-likeness (QED) is 0.745. The Morgan fingerprint density at radius 2 is 1.89 bits per heavy atom. The number of halogens is 1. The number of nitrogens with zero attached hydrogens (tertiary/aromatic N) is 2. The van der Waals surface area contributed by atoms with Gasteiger partial charge in [0.25, 0.3) is 0 Å². The van der Waals surface area contributed by atoms with Crippen molar-refractivity contribution in [3.8, 4) is 0 Å². The molecule has 2 heterocycles. The summed E-state index contributed by atoms with van der Waals surface area (Å²) in [6.45, 7) is 4.80. The summed E-state index contributed by atoms with van der Waals surface area (Å²) >= 11 is 7.76. The summed E-state index contributed by atoms with van der Waals surface area (Å²) in [5.74, 6) is 0.374. The zero-order valence-electron chi connectivity index (χ0n) is 15.2. The van der Waals surface area contributed by atoms with Crippen molar-refractivity contribution in [2.75, 3.05) is 16.4 Å². The van der Waals surface area contributed by atoms with Crippen LogP contribution in [0.3, 0.4) is 0 Å². The maximum atomic E-state index is 11.9. The minimum atomic E-state index is -2.96. The first-order chi connectivity index (χ1) is 12.8. The molecule has 4 nitrogen and oxygen atoms in total. The molecule has 27 heavy (non-hydrogen) atoms. The van der Waals surface area contributed by atoms with Gasteiger partial charge in [0.1, 0.15) is 0 Å². The molecule has 0 saturated carbocycles. The molecule has 0 aromatic heterocycles. The van der Waals surface area contributed by atoms with Crippen LogP contribution in [0.1, 0.15) is 16.7 Å². The van der Waals surface area contributed by atoms with Gasteiger partial charge < -0.3 is 4.90 Å². The Hall–Kier alpha value is -1.50. The first-order valence-corrected chi connectivity index (χ1v) is 11.9. The Morgan fingerprint density at radius 3 is 2.56 bits per heavy atom. The summed E-state index contributed by atoms with van der Waals surface area (Å²) in [5.41, 5.74) is 4.54. The number of aryl methyl sites for hydroxylation is 2. The lowest BCUT2D eigenvalue weighted by Gasteiger charge is -2.26. The summed E-state index contributed by atoms with van der Waals surface area (Å²) in [6, 6.07) is 14.1. The topological polar surface area (TPSA) is 49.7 Å². The molecule has 2 aliphatic heterocycles. The van der Waals surface area contributed by atoms with Crippen LogP contribution in [-0.4, -0.2) is 36.4 Å². The number of rotatable bonds is 3. The number of benzene rings is 2. The normalized spacial score (nSPS) is 23.1. The summed E-state index contributed by atoms with van der Waals surface area (Å²) in [7, 11) is -2.96. The second-order valence-electron chi connectivity index (χ2n) is 7.27. The van der Waals surface area contributed by atoms with Gasteiger partial charge in [0.15, 0.2) is 15.0 Å². The summed E-state index contributed by atoms with van der Waals surface area (Å²) in [4.78, 5) is 6.98. The molecule has 2 aliphatic rings. The average Bonchev–Trinajstić information content (AvgIpc) is 3.05. The van der Waals surface area contributed by atoms with E-state index < -0.39 is 9.84 Å². The molecule has 0 aliphatic carbocycles. The molecule has 0 radical (unpaired) electrons. The van der Waals surface area contributed by atoms with Gasteiger partial charge >= 0.3 is 0 Å². The van der Waals surface area contributed by atoms with Crippen molar-refractivity contribution in [1.82, 2.24) is 0 Å². The molecule has 0 bridgehead atoms. The monoisotopic (exact) mass is 420 g/mol. The Bertz CT molecular complexity index is 1000. The standard InChI is InChI=1S/C20H21ClN2O2S2/c1-13-6-14(2)8-17(7-13)23(10-15-4-3-5-16(21)9-15)20-22-18-11-27(24,25)12-19(18)26-20/h3-9,18-19H,10-12H2,1-2H3/t18-,19+/m0/s1.